The number of nitro groups is 1. The molecule has 1 heterocycles. The minimum absolute atomic E-state index is 0.0531. The molecule has 1 aromatic heterocycles. The maximum absolute atomic E-state index is 11.5. The summed E-state index contributed by atoms with van der Waals surface area (Å²) < 4.78 is 5.80. The molecule has 0 unspecified atom stereocenters. The summed E-state index contributed by atoms with van der Waals surface area (Å²) >= 11 is 5.92. The van der Waals surface area contributed by atoms with Crippen LogP contribution < -0.4 is 10.1 Å². The lowest BCUT2D eigenvalue weighted by atomic mass is 10.2. The van der Waals surface area contributed by atoms with Crippen LogP contribution in [-0.4, -0.2) is 15.5 Å². The first-order valence-corrected chi connectivity index (χ1v) is 7.65. The van der Waals surface area contributed by atoms with Crippen LogP contribution in [-0.2, 0) is 6.54 Å². The fourth-order valence-electron chi connectivity index (χ4n) is 2.21. The van der Waals surface area contributed by atoms with Gasteiger partial charge in [0.05, 0.1) is 17.2 Å². The van der Waals surface area contributed by atoms with Crippen molar-refractivity contribution in [2.75, 3.05) is 5.32 Å². The Balaban J connectivity index is 1.83. The Labute approximate surface area is 138 Å². The maximum Gasteiger partial charge on any atom is 0.333 e. The van der Waals surface area contributed by atoms with Crippen LogP contribution in [0.25, 0.3) is 0 Å². The Morgan fingerprint density at radius 3 is 2.87 bits per heavy atom. The van der Waals surface area contributed by atoms with Crippen molar-refractivity contribution in [1.29, 1.82) is 0 Å². The van der Waals surface area contributed by atoms with Gasteiger partial charge >= 0.3 is 5.69 Å². The molecule has 0 aliphatic heterocycles. The highest BCUT2D eigenvalue weighted by molar-refractivity contribution is 6.30. The summed E-state index contributed by atoms with van der Waals surface area (Å²) in [4.78, 5) is 15.2. The first-order chi connectivity index (χ1) is 11.0. The molecule has 120 valence electrons. The Morgan fingerprint density at radius 2 is 2.22 bits per heavy atom. The lowest BCUT2D eigenvalue weighted by molar-refractivity contribution is -0.385. The number of nitrogens with zero attached hydrogens (tertiary/aromatic N) is 2. The molecule has 0 radical (unpaired) electrons. The van der Waals surface area contributed by atoms with E-state index in [2.05, 4.69) is 10.3 Å². The third-order valence-corrected chi connectivity index (χ3v) is 3.97. The highest BCUT2D eigenvalue weighted by Gasteiger charge is 2.41. The molecule has 0 amide bonds. The van der Waals surface area contributed by atoms with Gasteiger partial charge in [-0.1, -0.05) is 17.7 Å². The molecule has 1 aliphatic carbocycles. The van der Waals surface area contributed by atoms with Gasteiger partial charge in [-0.2, -0.15) is 0 Å². The molecule has 0 spiro atoms. The van der Waals surface area contributed by atoms with E-state index in [9.17, 15) is 10.1 Å². The first-order valence-electron chi connectivity index (χ1n) is 7.28. The topological polar surface area (TPSA) is 77.3 Å². The van der Waals surface area contributed by atoms with Gasteiger partial charge in [-0.05, 0) is 44.0 Å². The number of hydrogen-bond donors (Lipinski definition) is 1. The standard InChI is InChI=1S/C16H16ClN3O3/c1-16(6-7-16)23-14-4-2-3-13(15(14)20(21)22)19-10-12-9-11(17)5-8-18-12/h2-5,8-9,19H,6-7,10H2,1H3. The minimum Gasteiger partial charge on any atom is -0.480 e. The summed E-state index contributed by atoms with van der Waals surface area (Å²) in [6.45, 7) is 2.29. The molecule has 0 bridgehead atoms. The van der Waals surface area contributed by atoms with Crippen LogP contribution in [0.3, 0.4) is 0 Å². The molecule has 1 aliphatic rings. The van der Waals surface area contributed by atoms with Crippen LogP contribution in [0, 0.1) is 10.1 Å². The molecule has 6 nitrogen and oxygen atoms in total. The van der Waals surface area contributed by atoms with Crippen LogP contribution in [0.1, 0.15) is 25.5 Å². The smallest absolute Gasteiger partial charge is 0.333 e. The quantitative estimate of drug-likeness (QED) is 0.633. The second kappa shape index (κ2) is 6.04. The molecule has 2 aromatic rings. The Hall–Kier alpha value is -2.34. The van der Waals surface area contributed by atoms with E-state index in [4.69, 9.17) is 16.3 Å². The Morgan fingerprint density at radius 1 is 1.43 bits per heavy atom. The van der Waals surface area contributed by atoms with Crippen molar-refractivity contribution < 1.29 is 9.66 Å². The van der Waals surface area contributed by atoms with Crippen LogP contribution >= 0.6 is 11.6 Å². The predicted octanol–water partition coefficient (Wildman–Crippen LogP) is 4.19. The fourth-order valence-corrected chi connectivity index (χ4v) is 2.39. The number of halogens is 1. The number of hydrogen-bond acceptors (Lipinski definition) is 5. The Kier molecular flexibility index (Phi) is 4.09. The van der Waals surface area contributed by atoms with Gasteiger partial charge < -0.3 is 10.1 Å². The fraction of sp³-hybridized carbons (Fsp3) is 0.312. The second-order valence-electron chi connectivity index (χ2n) is 5.78. The summed E-state index contributed by atoms with van der Waals surface area (Å²) in [5.74, 6) is 0.291. The van der Waals surface area contributed by atoms with Crippen LogP contribution in [0.5, 0.6) is 5.75 Å². The molecule has 1 saturated carbocycles. The van der Waals surface area contributed by atoms with Gasteiger partial charge in [0.15, 0.2) is 5.75 Å². The third-order valence-electron chi connectivity index (χ3n) is 3.73. The molecule has 23 heavy (non-hydrogen) atoms. The van der Waals surface area contributed by atoms with Crippen molar-refractivity contribution in [3.05, 3.63) is 57.4 Å². The van der Waals surface area contributed by atoms with E-state index < -0.39 is 4.92 Å². The zero-order chi connectivity index (χ0) is 16.4. The average Bonchev–Trinajstić information content (AvgIpc) is 3.22. The van der Waals surface area contributed by atoms with Gasteiger partial charge in [0.1, 0.15) is 11.3 Å². The molecule has 0 atom stereocenters. The summed E-state index contributed by atoms with van der Waals surface area (Å²) in [7, 11) is 0. The van der Waals surface area contributed by atoms with Gasteiger partial charge in [-0.3, -0.25) is 15.1 Å². The highest BCUT2D eigenvalue weighted by Crippen LogP contribution is 2.44. The predicted molar refractivity (Wildman–Crippen MR) is 87.9 cm³/mol. The van der Waals surface area contributed by atoms with E-state index in [0.29, 0.717) is 28.7 Å². The van der Waals surface area contributed by atoms with E-state index in [-0.39, 0.29) is 11.3 Å². The van der Waals surface area contributed by atoms with Gasteiger partial charge in [0.2, 0.25) is 0 Å². The van der Waals surface area contributed by atoms with E-state index in [1.165, 1.54) is 0 Å². The number of benzene rings is 1. The monoisotopic (exact) mass is 333 g/mol. The molecular weight excluding hydrogens is 318 g/mol. The number of ether oxygens (including phenoxy) is 1. The van der Waals surface area contributed by atoms with Crippen LogP contribution in [0.2, 0.25) is 5.02 Å². The lowest BCUT2D eigenvalue weighted by Crippen LogP contribution is -2.14. The molecule has 0 saturated heterocycles. The first kappa shape index (κ1) is 15.6. The summed E-state index contributed by atoms with van der Waals surface area (Å²) in [6.07, 6.45) is 3.42. The zero-order valence-electron chi connectivity index (χ0n) is 12.6. The van der Waals surface area contributed by atoms with E-state index in [1.807, 2.05) is 6.92 Å². The molecule has 1 fully saturated rings. The van der Waals surface area contributed by atoms with E-state index in [0.717, 1.165) is 12.8 Å². The van der Waals surface area contributed by atoms with Crippen molar-refractivity contribution in [3.8, 4) is 5.75 Å². The highest BCUT2D eigenvalue weighted by atomic mass is 35.5. The number of rotatable bonds is 6. The van der Waals surface area contributed by atoms with Gasteiger partial charge in [0.25, 0.3) is 0 Å². The van der Waals surface area contributed by atoms with Crippen LogP contribution in [0.15, 0.2) is 36.5 Å². The number of nitro benzene ring substituents is 1. The van der Waals surface area contributed by atoms with E-state index >= 15 is 0 Å². The normalized spacial score (nSPS) is 15.0. The molecule has 7 heteroatoms. The molecule has 1 aromatic carbocycles. The third kappa shape index (κ3) is 3.71. The van der Waals surface area contributed by atoms with Crippen molar-refractivity contribution in [3.63, 3.8) is 0 Å². The van der Waals surface area contributed by atoms with Crippen molar-refractivity contribution >= 4 is 23.0 Å². The van der Waals surface area contributed by atoms with Crippen molar-refractivity contribution in [1.82, 2.24) is 4.98 Å². The second-order valence-corrected chi connectivity index (χ2v) is 6.22. The van der Waals surface area contributed by atoms with Crippen molar-refractivity contribution in [2.24, 2.45) is 0 Å². The number of nitrogens with one attached hydrogen (secondary N) is 1. The van der Waals surface area contributed by atoms with Crippen molar-refractivity contribution in [2.45, 2.75) is 31.9 Å². The maximum atomic E-state index is 11.5. The largest absolute Gasteiger partial charge is 0.480 e. The van der Waals surface area contributed by atoms with Gasteiger partial charge in [-0.25, -0.2) is 0 Å². The number of pyridine rings is 1. The Bertz CT molecular complexity index is 747. The summed E-state index contributed by atoms with van der Waals surface area (Å²) in [6, 6.07) is 8.42. The van der Waals surface area contributed by atoms with E-state index in [1.54, 1.807) is 36.5 Å². The lowest BCUT2D eigenvalue weighted by Gasteiger charge is -2.15. The molecular formula is C16H16ClN3O3. The number of anilines is 1. The van der Waals surface area contributed by atoms with Gasteiger partial charge in [-0.15, -0.1) is 0 Å². The summed E-state index contributed by atoms with van der Waals surface area (Å²) in [5.41, 5.74) is 0.770. The number of para-hydroxylation sites is 1. The molecule has 1 N–H and O–H groups in total. The minimum atomic E-state index is -0.422. The summed E-state index contributed by atoms with van der Waals surface area (Å²) in [5, 5.41) is 15.1. The SMILES string of the molecule is CC1(Oc2cccc(NCc3cc(Cl)ccn3)c2[N+](=O)[O-])CC1. The van der Waals surface area contributed by atoms with Crippen LogP contribution in [0.4, 0.5) is 11.4 Å². The average molecular weight is 334 g/mol. The number of aromatic nitrogens is 1. The molecule has 3 rings (SSSR count). The van der Waals surface area contributed by atoms with Gasteiger partial charge in [0, 0.05) is 11.2 Å². The zero-order valence-corrected chi connectivity index (χ0v) is 13.3.